The van der Waals surface area contributed by atoms with Gasteiger partial charge in [-0.15, -0.1) is 0 Å². The third-order valence-corrected chi connectivity index (χ3v) is 4.72. The van der Waals surface area contributed by atoms with Gasteiger partial charge in [0.25, 0.3) is 0 Å². The molecule has 0 aromatic rings. The van der Waals surface area contributed by atoms with Crippen molar-refractivity contribution >= 4 is 11.7 Å². The highest BCUT2D eigenvalue weighted by atomic mass is 16.4. The van der Waals surface area contributed by atoms with Crippen LogP contribution in [-0.2, 0) is 4.79 Å². The van der Waals surface area contributed by atoms with Crippen molar-refractivity contribution in [3.63, 3.8) is 0 Å². The Labute approximate surface area is 122 Å². The molecule has 0 radical (unpaired) electrons. The Bertz CT molecular complexity index is 349. The highest BCUT2D eigenvalue weighted by Gasteiger charge is 2.44. The first-order chi connectivity index (χ1) is 9.57. The minimum absolute atomic E-state index is 0.0379. The molecular weight excluding hydrogens is 254 g/mol. The minimum Gasteiger partial charge on any atom is -0.409 e. The van der Waals surface area contributed by atoms with Gasteiger partial charge in [-0.2, -0.15) is 0 Å². The number of amidine groups is 1. The highest BCUT2D eigenvalue weighted by Crippen LogP contribution is 2.33. The van der Waals surface area contributed by atoms with Crippen LogP contribution < -0.4 is 5.73 Å². The molecule has 1 aliphatic heterocycles. The molecule has 0 saturated carbocycles. The van der Waals surface area contributed by atoms with Gasteiger partial charge in [0.2, 0.25) is 5.91 Å². The van der Waals surface area contributed by atoms with Crippen molar-refractivity contribution in [2.24, 2.45) is 16.3 Å². The molecule has 0 aromatic heterocycles. The summed E-state index contributed by atoms with van der Waals surface area (Å²) >= 11 is 0. The summed E-state index contributed by atoms with van der Waals surface area (Å²) in [6, 6.07) is 0.310. The van der Waals surface area contributed by atoms with Crippen LogP contribution >= 0.6 is 0 Å². The van der Waals surface area contributed by atoms with Crippen molar-refractivity contribution in [2.45, 2.75) is 71.8 Å². The van der Waals surface area contributed by atoms with E-state index in [4.69, 9.17) is 10.9 Å². The van der Waals surface area contributed by atoms with E-state index in [9.17, 15) is 4.79 Å². The maximum Gasteiger partial charge on any atom is 0.236 e. The molecule has 0 aromatic carbocycles. The van der Waals surface area contributed by atoms with E-state index < -0.39 is 5.41 Å². The first-order valence-electron chi connectivity index (χ1n) is 7.86. The van der Waals surface area contributed by atoms with E-state index in [0.717, 1.165) is 32.2 Å². The molecule has 20 heavy (non-hydrogen) atoms. The molecule has 0 spiro atoms. The Hall–Kier alpha value is -1.26. The number of hydrogen-bond acceptors (Lipinski definition) is 3. The fraction of sp³-hybridized carbons (Fsp3) is 0.867. The zero-order valence-corrected chi connectivity index (χ0v) is 13.1. The number of oxime groups is 1. The zero-order valence-electron chi connectivity index (χ0n) is 13.1. The summed E-state index contributed by atoms with van der Waals surface area (Å²) in [5, 5.41) is 12.2. The quantitative estimate of drug-likeness (QED) is 0.340. The van der Waals surface area contributed by atoms with Crippen LogP contribution in [0, 0.1) is 5.41 Å². The summed E-state index contributed by atoms with van der Waals surface area (Å²) in [5.74, 6) is 0.0873. The molecule has 0 bridgehead atoms. The van der Waals surface area contributed by atoms with Crippen LogP contribution in [0.5, 0.6) is 0 Å². The van der Waals surface area contributed by atoms with E-state index in [0.29, 0.717) is 18.9 Å². The Morgan fingerprint density at radius 3 is 2.50 bits per heavy atom. The van der Waals surface area contributed by atoms with Crippen molar-refractivity contribution in [3.05, 3.63) is 0 Å². The molecule has 5 nitrogen and oxygen atoms in total. The number of nitrogens with two attached hydrogens (primary N) is 1. The average Bonchev–Trinajstić information content (AvgIpc) is 2.49. The Balaban J connectivity index is 3.04. The highest BCUT2D eigenvalue weighted by molar-refractivity contribution is 6.06. The van der Waals surface area contributed by atoms with Crippen LogP contribution in [0.4, 0.5) is 0 Å². The lowest BCUT2D eigenvalue weighted by molar-refractivity contribution is -0.143. The minimum atomic E-state index is -0.849. The van der Waals surface area contributed by atoms with Gasteiger partial charge >= 0.3 is 0 Å². The second kappa shape index (κ2) is 7.50. The summed E-state index contributed by atoms with van der Waals surface area (Å²) in [5.41, 5.74) is 5.00. The summed E-state index contributed by atoms with van der Waals surface area (Å²) in [7, 11) is 0. The second-order valence-electron chi connectivity index (χ2n) is 5.71. The molecule has 5 heteroatoms. The fourth-order valence-corrected chi connectivity index (χ4v) is 3.30. The monoisotopic (exact) mass is 283 g/mol. The smallest absolute Gasteiger partial charge is 0.236 e. The average molecular weight is 283 g/mol. The van der Waals surface area contributed by atoms with E-state index in [1.165, 1.54) is 6.42 Å². The normalized spacial score (nSPS) is 21.1. The lowest BCUT2D eigenvalue weighted by atomic mass is 9.78. The van der Waals surface area contributed by atoms with Gasteiger partial charge in [-0.3, -0.25) is 4.79 Å². The van der Waals surface area contributed by atoms with Crippen molar-refractivity contribution in [1.29, 1.82) is 0 Å². The maximum absolute atomic E-state index is 13.0. The largest absolute Gasteiger partial charge is 0.409 e. The number of nitrogens with zero attached hydrogens (tertiary/aromatic N) is 2. The number of likely N-dealkylation sites (tertiary alicyclic amines) is 1. The molecule has 116 valence electrons. The lowest BCUT2D eigenvalue weighted by Gasteiger charge is -2.42. The van der Waals surface area contributed by atoms with Crippen molar-refractivity contribution in [2.75, 3.05) is 6.54 Å². The van der Waals surface area contributed by atoms with Crippen LogP contribution in [0.25, 0.3) is 0 Å². The van der Waals surface area contributed by atoms with Crippen LogP contribution in [0.15, 0.2) is 5.16 Å². The Morgan fingerprint density at radius 2 is 2.00 bits per heavy atom. The number of hydrogen-bond donors (Lipinski definition) is 2. The van der Waals surface area contributed by atoms with Crippen LogP contribution in [0.1, 0.15) is 65.7 Å². The van der Waals surface area contributed by atoms with Gasteiger partial charge in [0, 0.05) is 12.6 Å². The molecule has 1 atom stereocenters. The molecule has 1 fully saturated rings. The van der Waals surface area contributed by atoms with Crippen molar-refractivity contribution < 1.29 is 10.0 Å². The van der Waals surface area contributed by atoms with E-state index in [1.54, 1.807) is 0 Å². The summed E-state index contributed by atoms with van der Waals surface area (Å²) < 4.78 is 0. The van der Waals surface area contributed by atoms with E-state index in [2.05, 4.69) is 12.1 Å². The Morgan fingerprint density at radius 1 is 1.35 bits per heavy atom. The molecule has 1 heterocycles. The molecule has 0 aliphatic carbocycles. The van der Waals surface area contributed by atoms with E-state index in [1.807, 2.05) is 18.7 Å². The summed E-state index contributed by atoms with van der Waals surface area (Å²) in [4.78, 5) is 15.0. The van der Waals surface area contributed by atoms with Crippen LogP contribution in [0.2, 0.25) is 0 Å². The van der Waals surface area contributed by atoms with Gasteiger partial charge in [0.1, 0.15) is 5.41 Å². The van der Waals surface area contributed by atoms with E-state index in [-0.39, 0.29) is 11.7 Å². The lowest BCUT2D eigenvalue weighted by Crippen LogP contribution is -2.55. The van der Waals surface area contributed by atoms with Gasteiger partial charge in [-0.05, 0) is 38.5 Å². The number of carbonyl (C=O) groups excluding carboxylic acids is 1. The van der Waals surface area contributed by atoms with Gasteiger partial charge in [0.05, 0.1) is 0 Å². The number of carbonyl (C=O) groups is 1. The molecule has 1 rings (SSSR count). The van der Waals surface area contributed by atoms with Crippen molar-refractivity contribution in [3.8, 4) is 0 Å². The van der Waals surface area contributed by atoms with Gasteiger partial charge in [-0.25, -0.2) is 0 Å². The second-order valence-corrected chi connectivity index (χ2v) is 5.71. The summed E-state index contributed by atoms with van der Waals surface area (Å²) in [6.45, 7) is 6.80. The topological polar surface area (TPSA) is 78.9 Å². The molecule has 3 N–H and O–H groups in total. The maximum atomic E-state index is 13.0. The number of rotatable bonds is 6. The standard InChI is InChI=1S/C15H29N3O2/c1-4-9-12-10-7-8-11-18(12)14(19)15(5-2,6-3)13(16)17-20/h12,20H,4-11H2,1-3H3,(H2,16,17). The first kappa shape index (κ1) is 16.8. The first-order valence-corrected chi connectivity index (χ1v) is 7.86. The van der Waals surface area contributed by atoms with Crippen LogP contribution in [-0.4, -0.2) is 34.4 Å². The third-order valence-electron chi connectivity index (χ3n) is 4.72. The third kappa shape index (κ3) is 3.07. The number of piperidine rings is 1. The molecule has 1 aliphatic rings. The molecule has 1 saturated heterocycles. The molecular formula is C15H29N3O2. The van der Waals surface area contributed by atoms with Crippen LogP contribution in [0.3, 0.4) is 0 Å². The van der Waals surface area contributed by atoms with Gasteiger partial charge < -0.3 is 15.8 Å². The van der Waals surface area contributed by atoms with Crippen molar-refractivity contribution in [1.82, 2.24) is 4.90 Å². The molecule has 1 amide bonds. The predicted octanol–water partition coefficient (Wildman–Crippen LogP) is 2.72. The molecule has 1 unspecified atom stereocenters. The SMILES string of the molecule is CCCC1CCCCN1C(=O)C(CC)(CC)C(N)=NO. The van der Waals surface area contributed by atoms with Gasteiger partial charge in [0.15, 0.2) is 5.84 Å². The fourth-order valence-electron chi connectivity index (χ4n) is 3.30. The summed E-state index contributed by atoms with van der Waals surface area (Å²) in [6.07, 6.45) is 6.53. The van der Waals surface area contributed by atoms with E-state index >= 15 is 0 Å². The predicted molar refractivity (Wildman–Crippen MR) is 80.7 cm³/mol. The Kier molecular flexibility index (Phi) is 6.30. The van der Waals surface area contributed by atoms with Gasteiger partial charge in [-0.1, -0.05) is 32.3 Å². The zero-order chi connectivity index (χ0) is 15.2. The number of amides is 1.